The molecular formula is C17H20O2S. The third-order valence-electron chi connectivity index (χ3n) is 3.67. The number of aliphatic hydroxyl groups is 1. The number of hydrogen-bond acceptors (Lipinski definition) is 3. The van der Waals surface area contributed by atoms with Crippen LogP contribution in [-0.4, -0.2) is 5.11 Å². The quantitative estimate of drug-likeness (QED) is 0.830. The highest BCUT2D eigenvalue weighted by atomic mass is 32.1. The molecule has 2 heterocycles. The molecule has 1 aliphatic heterocycles. The van der Waals surface area contributed by atoms with Gasteiger partial charge in [-0.3, -0.25) is 0 Å². The maximum absolute atomic E-state index is 10.3. The van der Waals surface area contributed by atoms with E-state index in [1.807, 2.05) is 24.3 Å². The summed E-state index contributed by atoms with van der Waals surface area (Å²) in [7, 11) is 0. The average Bonchev–Trinajstić information content (AvgIpc) is 2.88. The zero-order valence-electron chi connectivity index (χ0n) is 12.1. The van der Waals surface area contributed by atoms with Gasteiger partial charge >= 0.3 is 0 Å². The molecule has 2 atom stereocenters. The van der Waals surface area contributed by atoms with E-state index in [1.165, 1.54) is 9.75 Å². The van der Waals surface area contributed by atoms with Crippen molar-refractivity contribution >= 4 is 11.3 Å². The number of benzene rings is 1. The normalized spacial score (nSPS) is 22.2. The van der Waals surface area contributed by atoms with Crippen molar-refractivity contribution in [1.82, 2.24) is 0 Å². The highest BCUT2D eigenvalue weighted by Crippen LogP contribution is 2.43. The molecule has 3 heteroatoms. The van der Waals surface area contributed by atoms with Crippen LogP contribution in [0, 0.1) is 0 Å². The second-order valence-electron chi connectivity index (χ2n) is 6.35. The van der Waals surface area contributed by atoms with Crippen molar-refractivity contribution in [2.45, 2.75) is 44.8 Å². The van der Waals surface area contributed by atoms with Crippen LogP contribution in [0.1, 0.15) is 54.7 Å². The van der Waals surface area contributed by atoms with Crippen molar-refractivity contribution in [1.29, 1.82) is 0 Å². The lowest BCUT2D eigenvalue weighted by atomic mass is 9.95. The van der Waals surface area contributed by atoms with E-state index in [0.29, 0.717) is 6.42 Å². The maximum Gasteiger partial charge on any atom is 0.136 e. The van der Waals surface area contributed by atoms with Gasteiger partial charge in [-0.2, -0.15) is 0 Å². The summed E-state index contributed by atoms with van der Waals surface area (Å²) in [5.74, 6) is 0.807. The van der Waals surface area contributed by atoms with Gasteiger partial charge in [0.05, 0.1) is 6.10 Å². The van der Waals surface area contributed by atoms with Crippen molar-refractivity contribution < 1.29 is 9.84 Å². The zero-order valence-corrected chi connectivity index (χ0v) is 12.9. The van der Waals surface area contributed by atoms with E-state index >= 15 is 0 Å². The Hall–Kier alpha value is -1.32. The van der Waals surface area contributed by atoms with Gasteiger partial charge in [-0.25, -0.2) is 0 Å². The monoisotopic (exact) mass is 288 g/mol. The molecule has 2 nitrogen and oxygen atoms in total. The number of para-hydroxylation sites is 1. The van der Waals surface area contributed by atoms with Crippen LogP contribution in [0.4, 0.5) is 0 Å². The third kappa shape index (κ3) is 2.48. The van der Waals surface area contributed by atoms with Crippen LogP contribution in [0.15, 0.2) is 36.4 Å². The minimum Gasteiger partial charge on any atom is -0.484 e. The first-order valence-electron chi connectivity index (χ1n) is 6.99. The van der Waals surface area contributed by atoms with Crippen LogP contribution >= 0.6 is 11.3 Å². The lowest BCUT2D eigenvalue weighted by molar-refractivity contribution is 0.0674. The molecular weight excluding hydrogens is 268 g/mol. The Balaban J connectivity index is 1.88. The van der Waals surface area contributed by atoms with Crippen molar-refractivity contribution in [2.24, 2.45) is 0 Å². The topological polar surface area (TPSA) is 29.5 Å². The third-order valence-corrected chi connectivity index (χ3v) is 5.27. The molecule has 0 fully saturated rings. The first-order valence-corrected chi connectivity index (χ1v) is 7.80. The second-order valence-corrected chi connectivity index (χ2v) is 7.46. The van der Waals surface area contributed by atoms with E-state index in [9.17, 15) is 5.11 Å². The Kier molecular flexibility index (Phi) is 3.35. The first-order chi connectivity index (χ1) is 9.45. The molecule has 1 aromatic heterocycles. The van der Waals surface area contributed by atoms with Crippen molar-refractivity contribution in [2.75, 3.05) is 0 Å². The highest BCUT2D eigenvalue weighted by molar-refractivity contribution is 7.12. The summed E-state index contributed by atoms with van der Waals surface area (Å²) in [5, 5.41) is 10.3. The predicted octanol–water partition coefficient (Wildman–Crippen LogP) is 4.60. The fraction of sp³-hybridized carbons (Fsp3) is 0.412. The zero-order chi connectivity index (χ0) is 14.3. The minimum absolute atomic E-state index is 0.0407. The molecule has 106 valence electrons. The number of aliphatic hydroxyl groups excluding tert-OH is 1. The van der Waals surface area contributed by atoms with Gasteiger partial charge in [-0.05, 0) is 23.6 Å². The van der Waals surface area contributed by atoms with Gasteiger partial charge in [-0.1, -0.05) is 39.0 Å². The van der Waals surface area contributed by atoms with Gasteiger partial charge < -0.3 is 9.84 Å². The van der Waals surface area contributed by atoms with E-state index in [4.69, 9.17) is 4.74 Å². The van der Waals surface area contributed by atoms with Crippen LogP contribution in [0.5, 0.6) is 5.75 Å². The van der Waals surface area contributed by atoms with Crippen molar-refractivity contribution in [3.63, 3.8) is 0 Å². The Morgan fingerprint density at radius 3 is 2.60 bits per heavy atom. The molecule has 1 aromatic carbocycles. The van der Waals surface area contributed by atoms with Gasteiger partial charge in [0.25, 0.3) is 0 Å². The number of hydrogen-bond donors (Lipinski definition) is 1. The Morgan fingerprint density at radius 1 is 1.15 bits per heavy atom. The predicted molar refractivity (Wildman–Crippen MR) is 82.4 cm³/mol. The second kappa shape index (κ2) is 4.90. The van der Waals surface area contributed by atoms with Gasteiger partial charge in [0, 0.05) is 21.7 Å². The number of ether oxygens (including phenoxy) is 1. The van der Waals surface area contributed by atoms with Gasteiger partial charge in [0.15, 0.2) is 0 Å². The summed E-state index contributed by atoms with van der Waals surface area (Å²) < 4.78 is 6.06. The smallest absolute Gasteiger partial charge is 0.136 e. The molecule has 1 aliphatic rings. The summed E-state index contributed by atoms with van der Waals surface area (Å²) in [5.41, 5.74) is 1.06. The van der Waals surface area contributed by atoms with Crippen LogP contribution in [0.3, 0.4) is 0 Å². The summed E-state index contributed by atoms with van der Waals surface area (Å²) in [6.45, 7) is 6.65. The molecule has 0 spiro atoms. The molecule has 1 N–H and O–H groups in total. The molecule has 0 bridgehead atoms. The summed E-state index contributed by atoms with van der Waals surface area (Å²) in [6.07, 6.45) is 0.146. The summed E-state index contributed by atoms with van der Waals surface area (Å²) in [4.78, 5) is 2.55. The summed E-state index contributed by atoms with van der Waals surface area (Å²) in [6, 6.07) is 12.1. The highest BCUT2D eigenvalue weighted by Gasteiger charge is 2.29. The largest absolute Gasteiger partial charge is 0.484 e. The average molecular weight is 288 g/mol. The maximum atomic E-state index is 10.3. The SMILES string of the molecule is CC(C)(C)c1ccc(C2CC(O)c3ccccc3O2)s1. The minimum atomic E-state index is -0.440. The molecule has 0 saturated heterocycles. The van der Waals surface area contributed by atoms with E-state index in [1.54, 1.807) is 11.3 Å². The van der Waals surface area contributed by atoms with E-state index < -0.39 is 6.10 Å². The van der Waals surface area contributed by atoms with E-state index in [-0.39, 0.29) is 11.5 Å². The van der Waals surface area contributed by atoms with E-state index in [2.05, 4.69) is 32.9 Å². The Morgan fingerprint density at radius 2 is 1.90 bits per heavy atom. The van der Waals surface area contributed by atoms with Gasteiger partial charge in [0.2, 0.25) is 0 Å². The standard InChI is InChI=1S/C17H20O2S/c1-17(2,3)16-9-8-15(20-16)14-10-12(18)11-6-4-5-7-13(11)19-14/h4-9,12,14,18H,10H2,1-3H3. The molecule has 0 amide bonds. The number of thiophene rings is 1. The number of rotatable bonds is 1. The Bertz CT molecular complexity index is 609. The van der Waals surface area contributed by atoms with Crippen LogP contribution in [0.25, 0.3) is 0 Å². The molecule has 0 saturated carbocycles. The molecule has 20 heavy (non-hydrogen) atoms. The van der Waals surface area contributed by atoms with Crippen molar-refractivity contribution in [3.05, 3.63) is 51.7 Å². The Labute approximate surface area is 124 Å². The van der Waals surface area contributed by atoms with Crippen LogP contribution in [0.2, 0.25) is 0 Å². The summed E-state index contributed by atoms with van der Waals surface area (Å²) >= 11 is 1.79. The molecule has 2 unspecified atom stereocenters. The lowest BCUT2D eigenvalue weighted by Gasteiger charge is -2.29. The van der Waals surface area contributed by atoms with Crippen LogP contribution in [-0.2, 0) is 5.41 Å². The molecule has 2 aromatic rings. The fourth-order valence-electron chi connectivity index (χ4n) is 2.50. The molecule has 3 rings (SSSR count). The fourth-order valence-corrected chi connectivity index (χ4v) is 3.61. The van der Waals surface area contributed by atoms with Gasteiger partial charge in [-0.15, -0.1) is 11.3 Å². The molecule has 0 aliphatic carbocycles. The molecule has 0 radical (unpaired) electrons. The van der Waals surface area contributed by atoms with Crippen LogP contribution < -0.4 is 4.74 Å². The van der Waals surface area contributed by atoms with Crippen molar-refractivity contribution in [3.8, 4) is 5.75 Å². The van der Waals surface area contributed by atoms with E-state index in [0.717, 1.165) is 11.3 Å². The lowest BCUT2D eigenvalue weighted by Crippen LogP contribution is -2.18. The number of fused-ring (bicyclic) bond motifs is 1. The van der Waals surface area contributed by atoms with Gasteiger partial charge in [0.1, 0.15) is 11.9 Å². The first kappa shape index (κ1) is 13.7.